The maximum absolute atomic E-state index is 11.9. The topological polar surface area (TPSA) is 81.9 Å². The number of aromatic nitrogens is 1. The highest BCUT2D eigenvalue weighted by atomic mass is 35.5. The van der Waals surface area contributed by atoms with Gasteiger partial charge in [0.1, 0.15) is 11.6 Å². The lowest BCUT2D eigenvalue weighted by atomic mass is 10.3. The van der Waals surface area contributed by atoms with E-state index in [1.54, 1.807) is 6.92 Å². The van der Waals surface area contributed by atoms with Gasteiger partial charge in [0, 0.05) is 13.7 Å². The van der Waals surface area contributed by atoms with Crippen LogP contribution in [0, 0.1) is 0 Å². The van der Waals surface area contributed by atoms with Gasteiger partial charge in [-0.3, -0.25) is 4.79 Å². The first-order chi connectivity index (χ1) is 9.49. The van der Waals surface area contributed by atoms with Crippen molar-refractivity contribution in [2.24, 2.45) is 0 Å². The number of oxazole rings is 1. The van der Waals surface area contributed by atoms with Crippen LogP contribution in [0.4, 0.5) is 0 Å². The molecule has 1 unspecified atom stereocenters. The fourth-order valence-electron chi connectivity index (χ4n) is 1.47. The summed E-state index contributed by atoms with van der Waals surface area (Å²) in [4.78, 5) is 28.6. The minimum absolute atomic E-state index is 0.0561. The Morgan fingerprint density at radius 2 is 2.20 bits per heavy atom. The predicted octanol–water partition coefficient (Wildman–Crippen LogP) is 1.06. The SMILES string of the molecule is COCCN(Cc1nc(C(=O)OC)co1)C(=O)C(C)Cl. The first kappa shape index (κ1) is 16.5. The number of carbonyl (C=O) groups excluding carboxylic acids is 2. The zero-order valence-corrected chi connectivity index (χ0v) is 12.3. The van der Waals surface area contributed by atoms with Gasteiger partial charge in [0.15, 0.2) is 5.69 Å². The van der Waals surface area contributed by atoms with Crippen molar-refractivity contribution in [3.8, 4) is 0 Å². The zero-order valence-electron chi connectivity index (χ0n) is 11.6. The third-order valence-electron chi connectivity index (χ3n) is 2.49. The monoisotopic (exact) mass is 304 g/mol. The average molecular weight is 305 g/mol. The van der Waals surface area contributed by atoms with Gasteiger partial charge >= 0.3 is 5.97 Å². The summed E-state index contributed by atoms with van der Waals surface area (Å²) in [6, 6.07) is 0. The summed E-state index contributed by atoms with van der Waals surface area (Å²) in [5.74, 6) is -0.630. The molecule has 8 heteroatoms. The molecule has 0 aliphatic heterocycles. The highest BCUT2D eigenvalue weighted by molar-refractivity contribution is 6.30. The van der Waals surface area contributed by atoms with Crippen LogP contribution in [-0.2, 0) is 20.8 Å². The van der Waals surface area contributed by atoms with Gasteiger partial charge in [0.05, 0.1) is 20.3 Å². The van der Waals surface area contributed by atoms with Gasteiger partial charge in [-0.15, -0.1) is 11.6 Å². The summed E-state index contributed by atoms with van der Waals surface area (Å²) in [7, 11) is 2.79. The van der Waals surface area contributed by atoms with Crippen molar-refractivity contribution in [2.75, 3.05) is 27.4 Å². The molecule has 7 nitrogen and oxygen atoms in total. The molecule has 1 atom stereocenters. The molecule has 0 saturated carbocycles. The molecule has 1 aromatic rings. The molecule has 0 aromatic carbocycles. The van der Waals surface area contributed by atoms with E-state index in [0.29, 0.717) is 13.2 Å². The Morgan fingerprint density at radius 1 is 1.50 bits per heavy atom. The van der Waals surface area contributed by atoms with Gasteiger partial charge in [-0.1, -0.05) is 0 Å². The maximum atomic E-state index is 11.9. The third-order valence-corrected chi connectivity index (χ3v) is 2.68. The van der Waals surface area contributed by atoms with Gasteiger partial charge in [-0.2, -0.15) is 0 Å². The summed E-state index contributed by atoms with van der Waals surface area (Å²) in [6.45, 7) is 2.40. The zero-order chi connectivity index (χ0) is 15.1. The van der Waals surface area contributed by atoms with Crippen molar-refractivity contribution in [3.05, 3.63) is 17.8 Å². The summed E-state index contributed by atoms with van der Waals surface area (Å²) >= 11 is 5.79. The number of ether oxygens (including phenoxy) is 2. The van der Waals surface area contributed by atoms with Crippen LogP contribution in [-0.4, -0.2) is 54.5 Å². The number of hydrogen-bond acceptors (Lipinski definition) is 6. The molecule has 0 aliphatic carbocycles. The Kier molecular flexibility index (Phi) is 6.47. The van der Waals surface area contributed by atoms with Crippen LogP contribution in [0.5, 0.6) is 0 Å². The molecule has 0 radical (unpaired) electrons. The number of carbonyl (C=O) groups is 2. The van der Waals surface area contributed by atoms with Crippen LogP contribution in [0.15, 0.2) is 10.7 Å². The number of rotatable bonds is 7. The fraction of sp³-hybridized carbons (Fsp3) is 0.583. The van der Waals surface area contributed by atoms with Gasteiger partial charge in [-0.05, 0) is 6.92 Å². The van der Waals surface area contributed by atoms with Gasteiger partial charge in [0.25, 0.3) is 0 Å². The third kappa shape index (κ3) is 4.50. The second kappa shape index (κ2) is 7.86. The quantitative estimate of drug-likeness (QED) is 0.553. The fourth-order valence-corrected chi connectivity index (χ4v) is 1.60. The number of alkyl halides is 1. The van der Waals surface area contributed by atoms with Crippen LogP contribution in [0.25, 0.3) is 0 Å². The Morgan fingerprint density at radius 3 is 2.75 bits per heavy atom. The van der Waals surface area contributed by atoms with Gasteiger partial charge < -0.3 is 18.8 Å². The first-order valence-corrected chi connectivity index (χ1v) is 6.37. The molecule has 0 saturated heterocycles. The Hall–Kier alpha value is -1.60. The first-order valence-electron chi connectivity index (χ1n) is 5.94. The van der Waals surface area contributed by atoms with E-state index in [9.17, 15) is 9.59 Å². The maximum Gasteiger partial charge on any atom is 0.360 e. The van der Waals surface area contributed by atoms with E-state index in [1.807, 2.05) is 0 Å². The van der Waals surface area contributed by atoms with Crippen molar-refractivity contribution in [3.63, 3.8) is 0 Å². The molecule has 0 spiro atoms. The average Bonchev–Trinajstić information content (AvgIpc) is 2.90. The summed E-state index contributed by atoms with van der Waals surface area (Å²) in [6.07, 6.45) is 1.18. The van der Waals surface area contributed by atoms with Crippen LogP contribution >= 0.6 is 11.6 Å². The normalized spacial score (nSPS) is 12.0. The van der Waals surface area contributed by atoms with Gasteiger partial charge in [0.2, 0.25) is 11.8 Å². The minimum Gasteiger partial charge on any atom is -0.464 e. The number of methoxy groups -OCH3 is 2. The molecular weight excluding hydrogens is 288 g/mol. The molecular formula is C12H17ClN2O5. The molecule has 1 rings (SSSR count). The summed E-state index contributed by atoms with van der Waals surface area (Å²) < 4.78 is 14.6. The summed E-state index contributed by atoms with van der Waals surface area (Å²) in [5, 5.41) is -0.665. The van der Waals surface area contributed by atoms with Crippen LogP contribution < -0.4 is 0 Å². The number of amides is 1. The van der Waals surface area contributed by atoms with Gasteiger partial charge in [-0.25, -0.2) is 9.78 Å². The number of halogens is 1. The van der Waals surface area contributed by atoms with Crippen LogP contribution in [0.2, 0.25) is 0 Å². The van der Waals surface area contributed by atoms with Crippen molar-refractivity contribution in [2.45, 2.75) is 18.8 Å². The van der Waals surface area contributed by atoms with E-state index in [1.165, 1.54) is 25.4 Å². The van der Waals surface area contributed by atoms with E-state index in [4.69, 9.17) is 20.8 Å². The molecule has 0 N–H and O–H groups in total. The second-order valence-electron chi connectivity index (χ2n) is 3.99. The van der Waals surface area contributed by atoms with E-state index >= 15 is 0 Å². The van der Waals surface area contributed by atoms with Crippen molar-refractivity contribution >= 4 is 23.5 Å². The standard InChI is InChI=1S/C12H17ClN2O5/c1-8(13)11(16)15(4-5-18-2)6-10-14-9(7-20-10)12(17)19-3/h7-8H,4-6H2,1-3H3. The highest BCUT2D eigenvalue weighted by Gasteiger charge is 2.21. The van der Waals surface area contributed by atoms with E-state index in [2.05, 4.69) is 9.72 Å². The van der Waals surface area contributed by atoms with Crippen molar-refractivity contribution in [1.29, 1.82) is 0 Å². The van der Waals surface area contributed by atoms with E-state index < -0.39 is 11.3 Å². The molecule has 1 heterocycles. The Labute approximate surface area is 121 Å². The van der Waals surface area contributed by atoms with E-state index in [0.717, 1.165) is 0 Å². The molecule has 0 aliphatic rings. The van der Waals surface area contributed by atoms with Crippen molar-refractivity contribution in [1.82, 2.24) is 9.88 Å². The molecule has 1 aromatic heterocycles. The molecule has 0 fully saturated rings. The second-order valence-corrected chi connectivity index (χ2v) is 4.64. The molecule has 0 bridgehead atoms. The minimum atomic E-state index is -0.665. The lowest BCUT2D eigenvalue weighted by molar-refractivity contribution is -0.132. The smallest absolute Gasteiger partial charge is 0.360 e. The molecule has 20 heavy (non-hydrogen) atoms. The molecule has 1 amide bonds. The van der Waals surface area contributed by atoms with E-state index in [-0.39, 0.29) is 24.0 Å². The number of esters is 1. The number of nitrogens with zero attached hydrogens (tertiary/aromatic N) is 2. The van der Waals surface area contributed by atoms with Crippen LogP contribution in [0.3, 0.4) is 0 Å². The highest BCUT2D eigenvalue weighted by Crippen LogP contribution is 2.10. The lowest BCUT2D eigenvalue weighted by Gasteiger charge is -2.21. The predicted molar refractivity (Wildman–Crippen MR) is 70.5 cm³/mol. The van der Waals surface area contributed by atoms with Crippen LogP contribution in [0.1, 0.15) is 23.3 Å². The summed E-state index contributed by atoms with van der Waals surface area (Å²) in [5.41, 5.74) is 0.0561. The Balaban J connectivity index is 2.76. The lowest BCUT2D eigenvalue weighted by Crippen LogP contribution is -2.37. The number of hydrogen-bond donors (Lipinski definition) is 0. The molecule has 112 valence electrons. The Bertz CT molecular complexity index is 460. The largest absolute Gasteiger partial charge is 0.464 e. The van der Waals surface area contributed by atoms with Crippen molar-refractivity contribution < 1.29 is 23.5 Å².